The van der Waals surface area contributed by atoms with Gasteiger partial charge < -0.3 is 5.73 Å². The average molecular weight is 195 g/mol. The van der Waals surface area contributed by atoms with Crippen molar-refractivity contribution in [2.45, 2.75) is 6.42 Å². The van der Waals surface area contributed by atoms with E-state index < -0.39 is 0 Å². The summed E-state index contributed by atoms with van der Waals surface area (Å²) in [5.41, 5.74) is 6.10. The number of hydrogen-bond acceptors (Lipinski definition) is 2. The topological polar surface area (TPSA) is 26.0 Å². The van der Waals surface area contributed by atoms with Crippen molar-refractivity contribution in [1.82, 2.24) is 0 Å². The van der Waals surface area contributed by atoms with Gasteiger partial charge in [0.1, 0.15) is 5.82 Å². The number of halogens is 1. The first kappa shape index (κ1) is 8.66. The Bertz CT molecular complexity index is 422. The van der Waals surface area contributed by atoms with Crippen LogP contribution in [0.3, 0.4) is 0 Å². The Labute approximate surface area is 80.0 Å². The highest BCUT2D eigenvalue weighted by atomic mass is 32.1. The van der Waals surface area contributed by atoms with Gasteiger partial charge in [-0.3, -0.25) is 0 Å². The predicted octanol–water partition coefficient (Wildman–Crippen LogP) is 2.54. The highest BCUT2D eigenvalue weighted by Crippen LogP contribution is 2.25. The highest BCUT2D eigenvalue weighted by Gasteiger charge is 2.06. The van der Waals surface area contributed by atoms with Gasteiger partial charge in [0.2, 0.25) is 0 Å². The number of hydrogen-bond donors (Lipinski definition) is 1. The van der Waals surface area contributed by atoms with E-state index in [9.17, 15) is 4.39 Å². The second kappa shape index (κ2) is 3.44. The molecule has 13 heavy (non-hydrogen) atoms. The van der Waals surface area contributed by atoms with Crippen LogP contribution in [-0.2, 0) is 6.42 Å². The van der Waals surface area contributed by atoms with Crippen LogP contribution >= 0.6 is 11.3 Å². The summed E-state index contributed by atoms with van der Waals surface area (Å²) < 4.78 is 14.6. The molecule has 1 heterocycles. The van der Waals surface area contributed by atoms with Crippen LogP contribution in [0.1, 0.15) is 5.56 Å². The van der Waals surface area contributed by atoms with Gasteiger partial charge in [-0.15, -0.1) is 11.3 Å². The van der Waals surface area contributed by atoms with Gasteiger partial charge in [0.05, 0.1) is 0 Å². The van der Waals surface area contributed by atoms with Gasteiger partial charge >= 0.3 is 0 Å². The minimum atomic E-state index is -0.107. The minimum absolute atomic E-state index is 0.107. The molecule has 0 aliphatic carbocycles. The number of rotatable bonds is 2. The van der Waals surface area contributed by atoms with Crippen molar-refractivity contribution in [2.75, 3.05) is 6.54 Å². The summed E-state index contributed by atoms with van der Waals surface area (Å²) in [6.45, 7) is 0.493. The molecule has 0 aliphatic rings. The molecular formula is C10H10FNS. The van der Waals surface area contributed by atoms with Gasteiger partial charge in [-0.25, -0.2) is 4.39 Å². The molecule has 1 aromatic carbocycles. The third-order valence-corrected chi connectivity index (χ3v) is 2.95. The molecule has 0 bridgehead atoms. The van der Waals surface area contributed by atoms with E-state index in [1.807, 2.05) is 23.6 Å². The van der Waals surface area contributed by atoms with Gasteiger partial charge in [-0.1, -0.05) is 6.07 Å². The van der Waals surface area contributed by atoms with Crippen LogP contribution in [0.4, 0.5) is 4.39 Å². The Balaban J connectivity index is 2.59. The van der Waals surface area contributed by atoms with E-state index in [0.29, 0.717) is 18.5 Å². The van der Waals surface area contributed by atoms with Crippen LogP contribution < -0.4 is 5.73 Å². The molecule has 3 heteroatoms. The summed E-state index contributed by atoms with van der Waals surface area (Å²) in [5.74, 6) is -0.107. The Morgan fingerprint density at radius 3 is 2.92 bits per heavy atom. The fourth-order valence-corrected chi connectivity index (χ4v) is 2.18. The van der Waals surface area contributed by atoms with Crippen molar-refractivity contribution in [2.24, 2.45) is 5.73 Å². The normalized spacial score (nSPS) is 10.9. The van der Waals surface area contributed by atoms with E-state index >= 15 is 0 Å². The molecule has 1 nitrogen and oxygen atoms in total. The van der Waals surface area contributed by atoms with Crippen LogP contribution in [0.5, 0.6) is 0 Å². The predicted molar refractivity (Wildman–Crippen MR) is 54.5 cm³/mol. The minimum Gasteiger partial charge on any atom is -0.330 e. The largest absolute Gasteiger partial charge is 0.330 e. The maximum Gasteiger partial charge on any atom is 0.135 e. The van der Waals surface area contributed by atoms with Gasteiger partial charge in [0.15, 0.2) is 0 Å². The molecule has 0 amide bonds. The van der Waals surface area contributed by atoms with Crippen LogP contribution in [0.2, 0.25) is 0 Å². The van der Waals surface area contributed by atoms with Crippen LogP contribution in [-0.4, -0.2) is 6.54 Å². The number of fused-ring (bicyclic) bond motifs is 1. The van der Waals surface area contributed by atoms with E-state index in [1.54, 1.807) is 11.3 Å². The second-order valence-electron chi connectivity index (χ2n) is 2.91. The van der Waals surface area contributed by atoms with Crippen molar-refractivity contribution in [3.63, 3.8) is 0 Å². The Morgan fingerprint density at radius 1 is 1.31 bits per heavy atom. The van der Waals surface area contributed by atoms with Gasteiger partial charge in [0.25, 0.3) is 0 Å². The summed E-state index contributed by atoms with van der Waals surface area (Å²) in [6, 6.07) is 5.59. The van der Waals surface area contributed by atoms with Crippen LogP contribution in [0.25, 0.3) is 10.1 Å². The summed E-state index contributed by atoms with van der Waals surface area (Å²) >= 11 is 1.56. The molecule has 68 valence electrons. The number of thiophene rings is 1. The van der Waals surface area contributed by atoms with Crippen LogP contribution in [0.15, 0.2) is 23.6 Å². The van der Waals surface area contributed by atoms with Crippen molar-refractivity contribution >= 4 is 21.4 Å². The molecule has 2 aromatic rings. The molecule has 0 saturated carbocycles. The third kappa shape index (κ3) is 1.45. The molecule has 2 rings (SSSR count). The molecule has 0 fully saturated rings. The van der Waals surface area contributed by atoms with Crippen molar-refractivity contribution in [3.05, 3.63) is 35.0 Å². The zero-order valence-corrected chi connectivity index (χ0v) is 7.90. The first-order valence-electron chi connectivity index (χ1n) is 4.17. The first-order chi connectivity index (χ1) is 6.33. The lowest BCUT2D eigenvalue weighted by molar-refractivity contribution is 0.622. The Morgan fingerprint density at radius 2 is 2.15 bits per heavy atom. The molecule has 0 atom stereocenters. The lowest BCUT2D eigenvalue weighted by Gasteiger charge is -2.01. The molecular weight excluding hydrogens is 185 g/mol. The molecule has 2 N–H and O–H groups in total. The fraction of sp³-hybridized carbons (Fsp3) is 0.200. The van der Waals surface area contributed by atoms with E-state index in [4.69, 9.17) is 5.73 Å². The Kier molecular flexibility index (Phi) is 2.29. The molecule has 0 spiro atoms. The van der Waals surface area contributed by atoms with Crippen molar-refractivity contribution in [3.8, 4) is 0 Å². The number of benzene rings is 1. The van der Waals surface area contributed by atoms with E-state index in [-0.39, 0.29) is 5.82 Å². The third-order valence-electron chi connectivity index (χ3n) is 2.06. The zero-order valence-electron chi connectivity index (χ0n) is 7.09. The lowest BCUT2D eigenvalue weighted by Crippen LogP contribution is -2.04. The summed E-state index contributed by atoms with van der Waals surface area (Å²) in [4.78, 5) is 0. The van der Waals surface area contributed by atoms with Gasteiger partial charge in [-0.05, 0) is 36.0 Å². The number of nitrogens with two attached hydrogens (primary N) is 1. The Hall–Kier alpha value is -0.930. The van der Waals surface area contributed by atoms with E-state index in [1.165, 1.54) is 0 Å². The maximum absolute atomic E-state index is 13.6. The fourth-order valence-electron chi connectivity index (χ4n) is 1.40. The highest BCUT2D eigenvalue weighted by molar-refractivity contribution is 7.17. The maximum atomic E-state index is 13.6. The molecule has 0 aliphatic heterocycles. The first-order valence-corrected chi connectivity index (χ1v) is 5.05. The van der Waals surface area contributed by atoms with Gasteiger partial charge in [0, 0.05) is 10.1 Å². The molecule has 0 unspecified atom stereocenters. The summed E-state index contributed by atoms with van der Waals surface area (Å²) in [6.07, 6.45) is 0.609. The molecule has 0 radical (unpaired) electrons. The summed E-state index contributed by atoms with van der Waals surface area (Å²) in [5, 5.41) is 2.62. The molecule has 1 aromatic heterocycles. The summed E-state index contributed by atoms with van der Waals surface area (Å²) in [7, 11) is 0. The SMILES string of the molecule is NCCc1ccc2sccc2c1F. The average Bonchev–Trinajstić information content (AvgIpc) is 2.58. The lowest BCUT2D eigenvalue weighted by atomic mass is 10.1. The monoisotopic (exact) mass is 195 g/mol. The van der Waals surface area contributed by atoms with Gasteiger partial charge in [-0.2, -0.15) is 0 Å². The standard InChI is InChI=1S/C10H10FNS/c11-10-7(3-5-12)1-2-9-8(10)4-6-13-9/h1-2,4,6H,3,5,12H2. The zero-order chi connectivity index (χ0) is 9.26. The second-order valence-corrected chi connectivity index (χ2v) is 3.86. The van der Waals surface area contributed by atoms with Crippen LogP contribution in [0, 0.1) is 5.82 Å². The van der Waals surface area contributed by atoms with E-state index in [0.717, 1.165) is 10.1 Å². The van der Waals surface area contributed by atoms with Crippen molar-refractivity contribution in [1.29, 1.82) is 0 Å². The van der Waals surface area contributed by atoms with E-state index in [2.05, 4.69) is 0 Å². The molecule has 0 saturated heterocycles. The quantitative estimate of drug-likeness (QED) is 0.783. The smallest absolute Gasteiger partial charge is 0.135 e. The van der Waals surface area contributed by atoms with Crippen molar-refractivity contribution < 1.29 is 4.39 Å².